The third-order valence-corrected chi connectivity index (χ3v) is 6.76. The minimum atomic E-state index is -4.38. The molecule has 35 heavy (non-hydrogen) atoms. The van der Waals surface area contributed by atoms with E-state index in [-0.39, 0.29) is 23.8 Å². The number of halogens is 3. The van der Waals surface area contributed by atoms with E-state index in [2.05, 4.69) is 4.90 Å². The van der Waals surface area contributed by atoms with E-state index in [1.165, 1.54) is 17.0 Å². The van der Waals surface area contributed by atoms with Gasteiger partial charge in [0.05, 0.1) is 11.6 Å². The lowest BCUT2D eigenvalue weighted by molar-refractivity contribution is -0.137. The Labute approximate surface area is 206 Å². The second-order valence-corrected chi connectivity index (χ2v) is 11.4. The number of hydrogen-bond donors (Lipinski definition) is 1. The van der Waals surface area contributed by atoms with Crippen LogP contribution >= 0.6 is 0 Å². The molecule has 2 amide bonds. The van der Waals surface area contributed by atoms with Crippen LogP contribution in [-0.4, -0.2) is 52.6 Å². The number of hydrogen-bond acceptors (Lipinski definition) is 5. The molecule has 196 valence electrons. The van der Waals surface area contributed by atoms with Gasteiger partial charge in [-0.15, -0.1) is 0 Å². The number of fused-ring (bicyclic) bond motifs is 1. The standard InChI is InChI=1S/C26H38F3N3O3/c1-16(2)11-21(30)23(33)32(24(34)35-25(3,4)5)22-10-9-18-14-31(15-20(18)22)13-17-7-6-8-19(12-17)26(27,28)29/h6-8,12,16,18,20-22H,9-11,13-15,30H2,1-5H3/t18-,20+,21+,22-/m0/s1. The largest absolute Gasteiger partial charge is 0.443 e. The number of carbonyl (C=O) groups is 2. The Morgan fingerprint density at radius 2 is 1.86 bits per heavy atom. The number of nitrogens with zero attached hydrogens (tertiary/aromatic N) is 2. The van der Waals surface area contributed by atoms with Gasteiger partial charge in [0.2, 0.25) is 5.91 Å². The van der Waals surface area contributed by atoms with E-state index in [1.54, 1.807) is 26.8 Å². The number of amides is 2. The predicted molar refractivity (Wildman–Crippen MR) is 127 cm³/mol. The Bertz CT molecular complexity index is 913. The maximum atomic E-state index is 13.4. The summed E-state index contributed by atoms with van der Waals surface area (Å²) in [5.41, 5.74) is 5.37. The van der Waals surface area contributed by atoms with Crippen LogP contribution < -0.4 is 5.73 Å². The van der Waals surface area contributed by atoms with Crippen LogP contribution in [0.15, 0.2) is 24.3 Å². The maximum Gasteiger partial charge on any atom is 0.417 e. The fraction of sp³-hybridized carbons (Fsp3) is 0.692. The fourth-order valence-corrected chi connectivity index (χ4v) is 5.37. The Hall–Kier alpha value is -2.13. The van der Waals surface area contributed by atoms with Crippen molar-refractivity contribution < 1.29 is 27.5 Å². The van der Waals surface area contributed by atoms with Crippen molar-refractivity contribution in [3.63, 3.8) is 0 Å². The normalized spacial score (nSPS) is 23.9. The Kier molecular flexibility index (Phi) is 8.21. The summed E-state index contributed by atoms with van der Waals surface area (Å²) >= 11 is 0. The third-order valence-electron chi connectivity index (χ3n) is 6.76. The molecular formula is C26H38F3N3O3. The van der Waals surface area contributed by atoms with Gasteiger partial charge in [-0.1, -0.05) is 32.0 Å². The van der Waals surface area contributed by atoms with Crippen molar-refractivity contribution in [1.82, 2.24) is 9.80 Å². The Morgan fingerprint density at radius 1 is 1.17 bits per heavy atom. The van der Waals surface area contributed by atoms with Crippen molar-refractivity contribution >= 4 is 12.0 Å². The first-order valence-electron chi connectivity index (χ1n) is 12.4. The molecule has 9 heteroatoms. The summed E-state index contributed by atoms with van der Waals surface area (Å²) in [5.74, 6) is 0.0588. The van der Waals surface area contributed by atoms with Gasteiger partial charge in [-0.3, -0.25) is 9.69 Å². The smallest absolute Gasteiger partial charge is 0.417 e. The zero-order valence-electron chi connectivity index (χ0n) is 21.3. The fourth-order valence-electron chi connectivity index (χ4n) is 5.37. The lowest BCUT2D eigenvalue weighted by atomic mass is 9.95. The number of carbonyl (C=O) groups excluding carboxylic acids is 2. The van der Waals surface area contributed by atoms with Crippen LogP contribution in [0.1, 0.15) is 65.0 Å². The van der Waals surface area contributed by atoms with E-state index in [9.17, 15) is 22.8 Å². The number of likely N-dealkylation sites (tertiary alicyclic amines) is 1. The van der Waals surface area contributed by atoms with Gasteiger partial charge in [0.15, 0.2) is 0 Å². The number of benzene rings is 1. The molecule has 1 aliphatic heterocycles. The van der Waals surface area contributed by atoms with Crippen LogP contribution in [0.3, 0.4) is 0 Å². The molecule has 2 aliphatic rings. The first-order chi connectivity index (χ1) is 16.2. The van der Waals surface area contributed by atoms with Crippen LogP contribution in [0.5, 0.6) is 0 Å². The molecule has 0 aromatic heterocycles. The molecule has 2 N–H and O–H groups in total. The topological polar surface area (TPSA) is 75.9 Å². The lowest BCUT2D eigenvalue weighted by Gasteiger charge is -2.34. The van der Waals surface area contributed by atoms with Gasteiger partial charge in [-0.25, -0.2) is 9.69 Å². The van der Waals surface area contributed by atoms with Crippen LogP contribution in [0.25, 0.3) is 0 Å². The van der Waals surface area contributed by atoms with Gasteiger partial charge < -0.3 is 10.5 Å². The van der Waals surface area contributed by atoms with E-state index in [0.29, 0.717) is 38.0 Å². The zero-order chi connectivity index (χ0) is 26.1. The van der Waals surface area contributed by atoms with Crippen LogP contribution in [0, 0.1) is 17.8 Å². The van der Waals surface area contributed by atoms with Crippen molar-refractivity contribution in [1.29, 1.82) is 0 Å². The first kappa shape index (κ1) is 27.5. The summed E-state index contributed by atoms with van der Waals surface area (Å²) in [6, 6.07) is 4.24. The van der Waals surface area contributed by atoms with Gasteiger partial charge >= 0.3 is 12.3 Å². The molecular weight excluding hydrogens is 459 g/mol. The highest BCUT2D eigenvalue weighted by Crippen LogP contribution is 2.42. The zero-order valence-corrected chi connectivity index (χ0v) is 21.3. The summed E-state index contributed by atoms with van der Waals surface area (Å²) in [6.07, 6.45) is -3.09. The summed E-state index contributed by atoms with van der Waals surface area (Å²) < 4.78 is 44.9. The Balaban J connectivity index is 1.77. The molecule has 0 unspecified atom stereocenters. The molecule has 4 atom stereocenters. The lowest BCUT2D eigenvalue weighted by Crippen LogP contribution is -2.54. The second-order valence-electron chi connectivity index (χ2n) is 11.4. The quantitative estimate of drug-likeness (QED) is 0.595. The highest BCUT2D eigenvalue weighted by molar-refractivity contribution is 5.95. The van der Waals surface area contributed by atoms with Gasteiger partial charge in [-0.05, 0) is 69.4 Å². The van der Waals surface area contributed by atoms with E-state index < -0.39 is 35.4 Å². The molecule has 2 fully saturated rings. The molecule has 1 saturated heterocycles. The average Bonchev–Trinajstić information content (AvgIpc) is 3.27. The van der Waals surface area contributed by atoms with E-state index in [4.69, 9.17) is 10.5 Å². The SMILES string of the molecule is CC(C)C[C@@H](N)C(=O)N(C(=O)OC(C)(C)C)[C@H]1CC[C@H]2CN(Cc3cccc(C(F)(F)F)c3)C[C@H]21. The van der Waals surface area contributed by atoms with Crippen LogP contribution in [0.4, 0.5) is 18.0 Å². The minimum absolute atomic E-state index is 0.0310. The molecule has 0 radical (unpaired) electrons. The van der Waals surface area contributed by atoms with Gasteiger partial charge in [-0.2, -0.15) is 13.2 Å². The van der Waals surface area contributed by atoms with E-state index >= 15 is 0 Å². The highest BCUT2D eigenvalue weighted by atomic mass is 19.4. The Morgan fingerprint density at radius 3 is 2.46 bits per heavy atom. The monoisotopic (exact) mass is 497 g/mol. The van der Waals surface area contributed by atoms with Crippen molar-refractivity contribution in [2.24, 2.45) is 23.5 Å². The molecule has 1 saturated carbocycles. The molecule has 1 aromatic carbocycles. The second kappa shape index (κ2) is 10.5. The van der Waals surface area contributed by atoms with Gasteiger partial charge in [0.25, 0.3) is 0 Å². The molecule has 3 rings (SSSR count). The summed E-state index contributed by atoms with van der Waals surface area (Å²) in [6.45, 7) is 10.9. The predicted octanol–water partition coefficient (Wildman–Crippen LogP) is 5.05. The number of nitrogens with two attached hydrogens (primary N) is 1. The highest BCUT2D eigenvalue weighted by Gasteiger charge is 2.49. The van der Waals surface area contributed by atoms with Crippen molar-refractivity contribution in [3.05, 3.63) is 35.4 Å². The van der Waals surface area contributed by atoms with Crippen LogP contribution in [-0.2, 0) is 22.3 Å². The van der Waals surface area contributed by atoms with Crippen LogP contribution in [0.2, 0.25) is 0 Å². The van der Waals surface area contributed by atoms with Gasteiger partial charge in [0.1, 0.15) is 5.60 Å². The number of ether oxygens (including phenoxy) is 1. The maximum absolute atomic E-state index is 13.4. The number of imide groups is 1. The van der Waals surface area contributed by atoms with Crippen molar-refractivity contribution in [2.45, 2.75) is 84.3 Å². The van der Waals surface area contributed by atoms with E-state index in [1.807, 2.05) is 13.8 Å². The van der Waals surface area contributed by atoms with E-state index in [0.717, 1.165) is 12.5 Å². The molecule has 1 aromatic rings. The van der Waals surface area contributed by atoms with Crippen molar-refractivity contribution in [2.75, 3.05) is 13.1 Å². The summed E-state index contributed by atoms with van der Waals surface area (Å²) in [5, 5.41) is 0. The van der Waals surface area contributed by atoms with Gasteiger partial charge in [0, 0.05) is 25.7 Å². The molecule has 6 nitrogen and oxygen atoms in total. The molecule has 1 aliphatic carbocycles. The molecule has 0 spiro atoms. The average molecular weight is 498 g/mol. The first-order valence-corrected chi connectivity index (χ1v) is 12.4. The minimum Gasteiger partial charge on any atom is -0.443 e. The molecule has 1 heterocycles. The summed E-state index contributed by atoms with van der Waals surface area (Å²) in [7, 11) is 0. The number of alkyl halides is 3. The number of rotatable bonds is 6. The van der Waals surface area contributed by atoms with Crippen molar-refractivity contribution in [3.8, 4) is 0 Å². The summed E-state index contributed by atoms with van der Waals surface area (Å²) in [4.78, 5) is 29.9. The molecule has 0 bridgehead atoms. The third kappa shape index (κ3) is 6.97.